The van der Waals surface area contributed by atoms with Crippen LogP contribution in [0.15, 0.2) is 24.3 Å². The van der Waals surface area contributed by atoms with E-state index in [1.807, 2.05) is 52.0 Å². The molecule has 0 aromatic heterocycles. The predicted octanol–water partition coefficient (Wildman–Crippen LogP) is 4.79. The van der Waals surface area contributed by atoms with Gasteiger partial charge in [0.2, 0.25) is 0 Å². The maximum atomic E-state index is 11.7. The van der Waals surface area contributed by atoms with E-state index in [4.69, 9.17) is 14.2 Å². The number of ether oxygens (including phenoxy) is 3. The van der Waals surface area contributed by atoms with Crippen molar-refractivity contribution in [2.24, 2.45) is 5.92 Å². The molecule has 1 aromatic rings. The van der Waals surface area contributed by atoms with E-state index in [-0.39, 0.29) is 6.10 Å². The zero-order valence-electron chi connectivity index (χ0n) is 16.4. The highest BCUT2D eigenvalue weighted by Gasteiger charge is 2.16. The fourth-order valence-corrected chi connectivity index (χ4v) is 2.19. The Bertz CT molecular complexity index is 521. The van der Waals surface area contributed by atoms with E-state index >= 15 is 0 Å². The van der Waals surface area contributed by atoms with Gasteiger partial charge in [0.1, 0.15) is 23.2 Å². The molecular formula is C20H33NO4. The average molecular weight is 351 g/mol. The summed E-state index contributed by atoms with van der Waals surface area (Å²) >= 11 is 0. The molecular weight excluding hydrogens is 318 g/mol. The van der Waals surface area contributed by atoms with Crippen molar-refractivity contribution in [3.8, 4) is 11.5 Å². The summed E-state index contributed by atoms with van der Waals surface area (Å²) in [6.45, 7) is 12.8. The predicted molar refractivity (Wildman–Crippen MR) is 100 cm³/mol. The Morgan fingerprint density at radius 3 is 2.40 bits per heavy atom. The Balaban J connectivity index is 2.45. The third-order valence-electron chi connectivity index (χ3n) is 3.72. The van der Waals surface area contributed by atoms with E-state index < -0.39 is 11.7 Å². The van der Waals surface area contributed by atoms with Gasteiger partial charge in [-0.1, -0.05) is 32.8 Å². The van der Waals surface area contributed by atoms with Crippen LogP contribution < -0.4 is 14.8 Å². The van der Waals surface area contributed by atoms with Crippen molar-refractivity contribution < 1.29 is 19.0 Å². The zero-order chi connectivity index (χ0) is 18.9. The third-order valence-corrected chi connectivity index (χ3v) is 3.72. The lowest BCUT2D eigenvalue weighted by molar-refractivity contribution is 0.0505. The molecule has 1 rings (SSSR count). The number of hydrogen-bond acceptors (Lipinski definition) is 4. The van der Waals surface area contributed by atoms with Crippen LogP contribution >= 0.6 is 0 Å². The molecule has 1 aromatic carbocycles. The first-order valence-electron chi connectivity index (χ1n) is 9.09. The van der Waals surface area contributed by atoms with Gasteiger partial charge < -0.3 is 19.5 Å². The molecule has 25 heavy (non-hydrogen) atoms. The first-order chi connectivity index (χ1) is 11.7. The first kappa shape index (κ1) is 21.1. The van der Waals surface area contributed by atoms with Crippen molar-refractivity contribution in [3.05, 3.63) is 24.3 Å². The third kappa shape index (κ3) is 9.22. The topological polar surface area (TPSA) is 56.8 Å². The van der Waals surface area contributed by atoms with Gasteiger partial charge in [-0.05, 0) is 45.7 Å². The minimum absolute atomic E-state index is 0.179. The van der Waals surface area contributed by atoms with Gasteiger partial charge in [-0.2, -0.15) is 0 Å². The molecule has 0 fully saturated rings. The Morgan fingerprint density at radius 2 is 1.80 bits per heavy atom. The van der Waals surface area contributed by atoms with Crippen LogP contribution in [0.2, 0.25) is 0 Å². The molecule has 5 nitrogen and oxygen atoms in total. The molecule has 1 atom stereocenters. The van der Waals surface area contributed by atoms with Crippen LogP contribution in [-0.4, -0.2) is 30.9 Å². The Labute approximate surface area is 152 Å². The van der Waals surface area contributed by atoms with Gasteiger partial charge in [-0.3, -0.25) is 0 Å². The van der Waals surface area contributed by atoms with Crippen LogP contribution in [0.1, 0.15) is 54.4 Å². The number of carbonyl (C=O) groups excluding carboxylic acids is 1. The zero-order valence-corrected chi connectivity index (χ0v) is 16.4. The molecule has 142 valence electrons. The van der Waals surface area contributed by atoms with Gasteiger partial charge in [-0.15, -0.1) is 0 Å². The first-order valence-corrected chi connectivity index (χ1v) is 9.09. The highest BCUT2D eigenvalue weighted by atomic mass is 16.6. The number of rotatable bonds is 9. The fourth-order valence-electron chi connectivity index (χ4n) is 2.19. The van der Waals surface area contributed by atoms with Gasteiger partial charge >= 0.3 is 6.09 Å². The number of amides is 1. The molecule has 1 N–H and O–H groups in total. The quantitative estimate of drug-likeness (QED) is 0.695. The summed E-state index contributed by atoms with van der Waals surface area (Å²) in [5.74, 6) is 2.10. The molecule has 0 saturated heterocycles. The van der Waals surface area contributed by atoms with Crippen molar-refractivity contribution in [1.82, 2.24) is 5.32 Å². The van der Waals surface area contributed by atoms with Crippen molar-refractivity contribution in [1.29, 1.82) is 0 Å². The van der Waals surface area contributed by atoms with E-state index in [1.165, 1.54) is 0 Å². The van der Waals surface area contributed by atoms with E-state index in [9.17, 15) is 4.79 Å². The lowest BCUT2D eigenvalue weighted by Gasteiger charge is -2.21. The summed E-state index contributed by atoms with van der Waals surface area (Å²) in [5.41, 5.74) is -0.505. The highest BCUT2D eigenvalue weighted by Crippen LogP contribution is 2.21. The largest absolute Gasteiger partial charge is 0.493 e. The number of benzene rings is 1. The van der Waals surface area contributed by atoms with Crippen molar-refractivity contribution >= 4 is 6.09 Å². The molecule has 0 heterocycles. The van der Waals surface area contributed by atoms with Crippen LogP contribution in [0.5, 0.6) is 11.5 Å². The monoisotopic (exact) mass is 351 g/mol. The maximum absolute atomic E-state index is 11.7. The van der Waals surface area contributed by atoms with Gasteiger partial charge in [0.15, 0.2) is 0 Å². The summed E-state index contributed by atoms with van der Waals surface area (Å²) in [6, 6.07) is 7.60. The van der Waals surface area contributed by atoms with Gasteiger partial charge in [-0.25, -0.2) is 4.79 Å². The number of nitrogens with one attached hydrogen (secondary N) is 1. The molecule has 0 radical (unpaired) electrons. The molecule has 0 aliphatic carbocycles. The molecule has 0 aliphatic heterocycles. The van der Waals surface area contributed by atoms with Crippen LogP contribution in [0, 0.1) is 5.92 Å². The van der Waals surface area contributed by atoms with Crippen molar-refractivity contribution in [3.63, 3.8) is 0 Å². The van der Waals surface area contributed by atoms with E-state index in [2.05, 4.69) is 19.2 Å². The number of alkyl carbamates (subject to hydrolysis) is 1. The minimum Gasteiger partial charge on any atom is -0.493 e. The highest BCUT2D eigenvalue weighted by molar-refractivity contribution is 5.67. The second-order valence-electron chi connectivity index (χ2n) is 7.28. The fraction of sp³-hybridized carbons (Fsp3) is 0.650. The van der Waals surface area contributed by atoms with Crippen molar-refractivity contribution in [2.75, 3.05) is 13.2 Å². The lowest BCUT2D eigenvalue weighted by atomic mass is 10.1. The smallest absolute Gasteiger partial charge is 0.407 e. The van der Waals surface area contributed by atoms with Crippen molar-refractivity contribution in [2.45, 2.75) is 66.1 Å². The van der Waals surface area contributed by atoms with Crippen LogP contribution in [0.25, 0.3) is 0 Å². The van der Waals surface area contributed by atoms with Gasteiger partial charge in [0.05, 0.1) is 13.2 Å². The molecule has 0 bridgehead atoms. The summed E-state index contributed by atoms with van der Waals surface area (Å²) in [7, 11) is 0. The Kier molecular flexibility index (Phi) is 8.59. The van der Waals surface area contributed by atoms with E-state index in [0.717, 1.165) is 24.3 Å². The number of carbonyl (C=O) groups is 1. The standard InChI is InChI=1S/C20H33NO4/c1-7-16(8-2)14-23-17-10-9-11-18(12-17)24-15(3)13-21-19(22)25-20(4,5)6/h9-12,15-16H,7-8,13-14H2,1-6H3,(H,21,22)/t15-/m1/s1. The summed E-state index contributed by atoms with van der Waals surface area (Å²) in [6.07, 6.45) is 1.60. The molecule has 5 heteroatoms. The van der Waals surface area contributed by atoms with Crippen LogP contribution in [0.4, 0.5) is 4.79 Å². The Morgan fingerprint density at radius 1 is 1.16 bits per heavy atom. The molecule has 1 amide bonds. The van der Waals surface area contributed by atoms with Crippen LogP contribution in [0.3, 0.4) is 0 Å². The maximum Gasteiger partial charge on any atom is 0.407 e. The lowest BCUT2D eigenvalue weighted by Crippen LogP contribution is -2.37. The second-order valence-corrected chi connectivity index (χ2v) is 7.28. The summed E-state index contributed by atoms with van der Waals surface area (Å²) in [5, 5.41) is 2.71. The minimum atomic E-state index is -0.505. The molecule has 0 aliphatic rings. The summed E-state index contributed by atoms with van der Waals surface area (Å²) in [4.78, 5) is 11.7. The SMILES string of the molecule is CCC(CC)COc1cccc(O[C@H](C)CNC(=O)OC(C)(C)C)c1. The van der Waals surface area contributed by atoms with Crippen LogP contribution in [-0.2, 0) is 4.74 Å². The average Bonchev–Trinajstić information content (AvgIpc) is 2.53. The normalized spacial score (nSPS) is 12.6. The van der Waals surface area contributed by atoms with E-state index in [1.54, 1.807) is 0 Å². The second kappa shape index (κ2) is 10.2. The molecule has 0 unspecified atom stereocenters. The number of hydrogen-bond donors (Lipinski definition) is 1. The van der Waals surface area contributed by atoms with E-state index in [0.29, 0.717) is 19.1 Å². The van der Waals surface area contributed by atoms with Gasteiger partial charge in [0.25, 0.3) is 0 Å². The van der Waals surface area contributed by atoms with Gasteiger partial charge in [0, 0.05) is 6.07 Å². The molecule has 0 spiro atoms. The summed E-state index contributed by atoms with van der Waals surface area (Å²) < 4.78 is 16.9. The molecule has 0 saturated carbocycles. The Hall–Kier alpha value is -1.91.